The van der Waals surface area contributed by atoms with Gasteiger partial charge in [-0.15, -0.1) is 11.3 Å². The van der Waals surface area contributed by atoms with Crippen LogP contribution in [0.2, 0.25) is 0 Å². The molecule has 1 aliphatic rings. The number of hydrogen-bond donors (Lipinski definition) is 0. The van der Waals surface area contributed by atoms with Crippen molar-refractivity contribution < 1.29 is 0 Å². The van der Waals surface area contributed by atoms with Gasteiger partial charge in [0, 0.05) is 22.3 Å². The van der Waals surface area contributed by atoms with Crippen LogP contribution in [0.3, 0.4) is 0 Å². The first kappa shape index (κ1) is 27.1. The minimum Gasteiger partial charge on any atom is -0.236 e. The van der Waals surface area contributed by atoms with Crippen LogP contribution in [-0.4, -0.2) is 15.0 Å². The molecule has 0 bridgehead atoms. The Morgan fingerprint density at radius 1 is 0.444 bits per heavy atom. The largest absolute Gasteiger partial charge is 0.236 e. The van der Waals surface area contributed by atoms with E-state index in [0.717, 1.165) is 57.1 Å². The van der Waals surface area contributed by atoms with E-state index in [1.54, 1.807) is 11.3 Å². The molecule has 0 unspecified atom stereocenters. The average Bonchev–Trinajstić information content (AvgIpc) is 3.58. The molecule has 0 aliphatic heterocycles. The van der Waals surface area contributed by atoms with Gasteiger partial charge in [-0.2, -0.15) is 0 Å². The van der Waals surface area contributed by atoms with Crippen LogP contribution >= 0.6 is 11.3 Å². The summed E-state index contributed by atoms with van der Waals surface area (Å²) < 4.78 is 1.27. The number of thiazole rings is 1. The summed E-state index contributed by atoms with van der Waals surface area (Å²) in [5.41, 5.74) is 11.0. The van der Waals surface area contributed by atoms with E-state index >= 15 is 0 Å². The van der Waals surface area contributed by atoms with Gasteiger partial charge in [-0.1, -0.05) is 146 Å². The molecule has 8 rings (SSSR count). The smallest absolute Gasteiger partial charge is 0.160 e. The predicted molar refractivity (Wildman–Crippen MR) is 187 cm³/mol. The third-order valence-corrected chi connectivity index (χ3v) is 9.36. The van der Waals surface area contributed by atoms with Gasteiger partial charge < -0.3 is 0 Å². The van der Waals surface area contributed by atoms with Crippen LogP contribution < -0.4 is 9.88 Å². The molecule has 0 radical (unpaired) electrons. The molecule has 0 amide bonds. The Hall–Kier alpha value is -5.45. The van der Waals surface area contributed by atoms with Gasteiger partial charge in [0.25, 0.3) is 0 Å². The molecule has 214 valence electrons. The quantitative estimate of drug-likeness (QED) is 0.193. The van der Waals surface area contributed by atoms with Crippen molar-refractivity contribution >= 4 is 23.0 Å². The van der Waals surface area contributed by atoms with E-state index in [1.807, 2.05) is 30.3 Å². The molecule has 45 heavy (non-hydrogen) atoms. The van der Waals surface area contributed by atoms with Crippen molar-refractivity contribution in [1.82, 2.24) is 15.0 Å². The number of nitrogens with zero attached hydrogens (tertiary/aromatic N) is 3. The highest BCUT2D eigenvalue weighted by Gasteiger charge is 2.15. The molecule has 0 atom stereocenters. The van der Waals surface area contributed by atoms with Crippen molar-refractivity contribution in [1.29, 1.82) is 0 Å². The Balaban J connectivity index is 1.18. The molecular weight excluding hydrogens is 567 g/mol. The van der Waals surface area contributed by atoms with Crippen molar-refractivity contribution in [2.75, 3.05) is 0 Å². The lowest BCUT2D eigenvalue weighted by atomic mass is 9.96. The van der Waals surface area contributed by atoms with Crippen LogP contribution in [0.15, 0.2) is 146 Å². The van der Waals surface area contributed by atoms with Gasteiger partial charge >= 0.3 is 0 Å². The topological polar surface area (TPSA) is 38.7 Å². The molecule has 0 spiro atoms. The summed E-state index contributed by atoms with van der Waals surface area (Å²) in [6.07, 6.45) is 4.34. The summed E-state index contributed by atoms with van der Waals surface area (Å²) >= 11 is 1.78. The summed E-state index contributed by atoms with van der Waals surface area (Å²) in [7, 11) is 0. The average molecular weight is 596 g/mol. The van der Waals surface area contributed by atoms with Crippen molar-refractivity contribution in [3.05, 3.63) is 161 Å². The first-order chi connectivity index (χ1) is 22.3. The Morgan fingerprint density at radius 2 is 0.933 bits per heavy atom. The molecular formula is C41H29N3S. The summed E-state index contributed by atoms with van der Waals surface area (Å²) in [6.45, 7) is 0. The number of hydrogen-bond acceptors (Lipinski definition) is 4. The van der Waals surface area contributed by atoms with E-state index in [0.29, 0.717) is 0 Å². The standard InChI is InChI=1S/C41H29N3S/c1-4-11-28(12-5-1)29-19-23-31(24-20-29)36-27-37(43-40(42-36)33-13-6-2-7-14-33)32-25-21-30(22-26-32)35-17-10-18-38-39(35)44-41(45-38)34-15-8-3-9-16-34/h1-9,11-16,18-27H,10,17H2. The maximum Gasteiger partial charge on any atom is 0.160 e. The fraction of sp³-hybridized carbons (Fsp3) is 0.0488. The lowest BCUT2D eigenvalue weighted by molar-refractivity contribution is 1.06. The molecule has 4 heteroatoms. The minimum absolute atomic E-state index is 0.720. The molecule has 1 aliphatic carbocycles. The summed E-state index contributed by atoms with van der Waals surface area (Å²) in [4.78, 5) is 15.2. The van der Waals surface area contributed by atoms with Gasteiger partial charge in [-0.3, -0.25) is 0 Å². The first-order valence-corrected chi connectivity index (χ1v) is 16.1. The molecule has 0 N–H and O–H groups in total. The molecule has 0 saturated carbocycles. The maximum atomic E-state index is 5.10. The molecule has 5 aromatic carbocycles. The van der Waals surface area contributed by atoms with Crippen LogP contribution in [0.1, 0.15) is 18.4 Å². The molecule has 0 saturated heterocycles. The zero-order valence-corrected chi connectivity index (χ0v) is 25.4. The van der Waals surface area contributed by atoms with Crippen LogP contribution in [0.4, 0.5) is 0 Å². The highest BCUT2D eigenvalue weighted by molar-refractivity contribution is 7.13. The van der Waals surface area contributed by atoms with Gasteiger partial charge in [0.1, 0.15) is 5.01 Å². The highest BCUT2D eigenvalue weighted by Crippen LogP contribution is 2.30. The Labute approximate surface area is 266 Å². The lowest BCUT2D eigenvalue weighted by Crippen LogP contribution is -2.27. The maximum absolute atomic E-state index is 5.10. The van der Waals surface area contributed by atoms with Gasteiger partial charge in [-0.05, 0) is 41.2 Å². The van der Waals surface area contributed by atoms with Crippen molar-refractivity contribution in [3.63, 3.8) is 0 Å². The number of fused-ring (bicyclic) bond motifs is 1. The van der Waals surface area contributed by atoms with E-state index in [1.165, 1.54) is 32.4 Å². The van der Waals surface area contributed by atoms with Crippen molar-refractivity contribution in [3.8, 4) is 55.6 Å². The third-order valence-electron chi connectivity index (χ3n) is 8.26. The van der Waals surface area contributed by atoms with Crippen molar-refractivity contribution in [2.45, 2.75) is 12.8 Å². The van der Waals surface area contributed by atoms with Gasteiger partial charge in [-0.25, -0.2) is 15.0 Å². The Kier molecular flexibility index (Phi) is 7.18. The zero-order valence-electron chi connectivity index (χ0n) is 24.6. The fourth-order valence-electron chi connectivity index (χ4n) is 5.90. The molecule has 0 fully saturated rings. The van der Waals surface area contributed by atoms with Gasteiger partial charge in [0.05, 0.1) is 21.3 Å². The van der Waals surface area contributed by atoms with Crippen LogP contribution in [-0.2, 0) is 0 Å². The van der Waals surface area contributed by atoms with Gasteiger partial charge in [0.2, 0.25) is 0 Å². The zero-order chi connectivity index (χ0) is 30.0. The number of benzene rings is 5. The molecule has 2 heterocycles. The predicted octanol–water partition coefficient (Wildman–Crippen LogP) is 9.04. The SMILES string of the molecule is C1=c2sc(-c3ccccc3)nc2=C(c2ccc(-c3cc(-c4ccc(-c5ccccc5)cc4)nc(-c4ccccc4)n3)cc2)CC1. The van der Waals surface area contributed by atoms with E-state index in [4.69, 9.17) is 15.0 Å². The normalized spacial score (nSPS) is 12.4. The summed E-state index contributed by atoms with van der Waals surface area (Å²) in [6, 6.07) is 50.7. The van der Waals surface area contributed by atoms with E-state index in [9.17, 15) is 0 Å². The monoisotopic (exact) mass is 595 g/mol. The van der Waals surface area contributed by atoms with E-state index in [2.05, 4.69) is 121 Å². The second-order valence-corrected chi connectivity index (χ2v) is 12.2. The second-order valence-electron chi connectivity index (χ2n) is 11.2. The molecule has 7 aromatic rings. The highest BCUT2D eigenvalue weighted by atomic mass is 32.1. The third kappa shape index (κ3) is 5.52. The first-order valence-electron chi connectivity index (χ1n) is 15.3. The van der Waals surface area contributed by atoms with E-state index < -0.39 is 0 Å². The van der Waals surface area contributed by atoms with Crippen LogP contribution in [0.5, 0.6) is 0 Å². The Bertz CT molecular complexity index is 2220. The van der Waals surface area contributed by atoms with Crippen LogP contribution in [0, 0.1) is 0 Å². The second kappa shape index (κ2) is 11.9. The molecule has 3 nitrogen and oxygen atoms in total. The van der Waals surface area contributed by atoms with Gasteiger partial charge in [0.15, 0.2) is 5.82 Å². The van der Waals surface area contributed by atoms with Crippen molar-refractivity contribution in [2.24, 2.45) is 0 Å². The van der Waals surface area contributed by atoms with E-state index in [-0.39, 0.29) is 0 Å². The Morgan fingerprint density at radius 3 is 1.53 bits per heavy atom. The fourth-order valence-corrected chi connectivity index (χ4v) is 6.97. The summed E-state index contributed by atoms with van der Waals surface area (Å²) in [5, 5.41) is 2.19. The lowest BCUT2D eigenvalue weighted by Gasteiger charge is -2.12. The minimum atomic E-state index is 0.720. The number of aromatic nitrogens is 3. The summed E-state index contributed by atoms with van der Waals surface area (Å²) in [5.74, 6) is 0.720. The molecule has 2 aromatic heterocycles. The van der Waals surface area contributed by atoms with Crippen LogP contribution in [0.25, 0.3) is 67.2 Å². The number of rotatable bonds is 6.